The third kappa shape index (κ3) is 3.42. The Morgan fingerprint density at radius 1 is 0.931 bits per heavy atom. The van der Waals surface area contributed by atoms with Crippen molar-refractivity contribution in [3.8, 4) is 17.4 Å². The van der Waals surface area contributed by atoms with Crippen LogP contribution in [-0.4, -0.2) is 17.8 Å². The van der Waals surface area contributed by atoms with E-state index in [0.29, 0.717) is 17.0 Å². The summed E-state index contributed by atoms with van der Waals surface area (Å²) in [5, 5.41) is 11.0. The van der Waals surface area contributed by atoms with Crippen LogP contribution in [-0.2, 0) is 9.59 Å². The quantitative estimate of drug-likeness (QED) is 0.551. The van der Waals surface area contributed by atoms with Crippen LogP contribution >= 0.6 is 0 Å². The molecule has 2 aromatic carbocycles. The summed E-state index contributed by atoms with van der Waals surface area (Å²) in [6.45, 7) is 0. The maximum absolute atomic E-state index is 12.8. The van der Waals surface area contributed by atoms with Crippen LogP contribution < -0.4 is 10.2 Å². The molecule has 0 spiro atoms. The van der Waals surface area contributed by atoms with Crippen molar-refractivity contribution in [3.05, 3.63) is 83.6 Å². The fraction of sp³-hybridized carbons (Fsp3) is 0. The molecule has 3 aromatic rings. The van der Waals surface area contributed by atoms with Crippen LogP contribution in [0, 0.1) is 11.3 Å². The van der Waals surface area contributed by atoms with Gasteiger partial charge in [0.05, 0.1) is 17.3 Å². The van der Waals surface area contributed by atoms with Gasteiger partial charge in [-0.3, -0.25) is 14.9 Å². The van der Waals surface area contributed by atoms with Crippen LogP contribution in [0.5, 0.6) is 0 Å². The lowest BCUT2D eigenvalue weighted by molar-refractivity contribution is -0.122. The third-order valence-electron chi connectivity index (χ3n) is 4.33. The Hall–Kier alpha value is -4.44. The molecule has 4 amide bonds. The number of barbiturate groups is 1. The molecule has 0 aliphatic carbocycles. The highest BCUT2D eigenvalue weighted by Gasteiger charge is 2.36. The number of para-hydroxylation sites is 1. The van der Waals surface area contributed by atoms with E-state index < -0.39 is 17.8 Å². The van der Waals surface area contributed by atoms with Gasteiger partial charge in [-0.15, -0.1) is 0 Å². The highest BCUT2D eigenvalue weighted by Crippen LogP contribution is 2.26. The number of hydrogen-bond donors (Lipinski definition) is 1. The van der Waals surface area contributed by atoms with Crippen molar-refractivity contribution in [2.75, 3.05) is 4.90 Å². The number of urea groups is 1. The van der Waals surface area contributed by atoms with Crippen molar-refractivity contribution >= 4 is 29.6 Å². The second-order valence-electron chi connectivity index (χ2n) is 6.18. The minimum absolute atomic E-state index is 0.214. The second kappa shape index (κ2) is 7.29. The number of amides is 4. The molecule has 29 heavy (non-hydrogen) atoms. The molecule has 0 radical (unpaired) electrons. The predicted octanol–water partition coefficient (Wildman–Crippen LogP) is 3.48. The molecule has 2 heterocycles. The number of hydrogen-bond acceptors (Lipinski definition) is 5. The molecule has 1 aromatic heterocycles. The normalized spacial score (nSPS) is 15.3. The number of imide groups is 2. The number of nitriles is 1. The van der Waals surface area contributed by atoms with E-state index in [4.69, 9.17) is 9.68 Å². The van der Waals surface area contributed by atoms with Crippen LogP contribution in [0.3, 0.4) is 0 Å². The molecule has 1 N–H and O–H groups in total. The number of carbonyl (C=O) groups is 3. The van der Waals surface area contributed by atoms with Crippen molar-refractivity contribution < 1.29 is 18.8 Å². The Balaban J connectivity index is 1.65. The molecule has 4 rings (SSSR count). The highest BCUT2D eigenvalue weighted by molar-refractivity contribution is 6.39. The molecular weight excluding hydrogens is 370 g/mol. The number of furan rings is 1. The Morgan fingerprint density at radius 2 is 1.66 bits per heavy atom. The topological polar surface area (TPSA) is 103 Å². The van der Waals surface area contributed by atoms with Gasteiger partial charge in [0.1, 0.15) is 17.1 Å². The molecule has 1 fully saturated rings. The number of carbonyl (C=O) groups excluding carboxylic acids is 3. The van der Waals surface area contributed by atoms with Crippen LogP contribution in [0.15, 0.2) is 76.7 Å². The lowest BCUT2D eigenvalue weighted by Gasteiger charge is -2.26. The molecular formula is C22H13N3O4. The average Bonchev–Trinajstić information content (AvgIpc) is 3.20. The van der Waals surface area contributed by atoms with Crippen LogP contribution in [0.2, 0.25) is 0 Å². The summed E-state index contributed by atoms with van der Waals surface area (Å²) in [6, 6.07) is 19.7. The van der Waals surface area contributed by atoms with E-state index in [9.17, 15) is 14.4 Å². The molecule has 0 unspecified atom stereocenters. The van der Waals surface area contributed by atoms with Crippen molar-refractivity contribution in [2.45, 2.75) is 0 Å². The number of anilines is 1. The van der Waals surface area contributed by atoms with Gasteiger partial charge in [-0.25, -0.2) is 9.69 Å². The van der Waals surface area contributed by atoms with Crippen molar-refractivity contribution in [1.82, 2.24) is 5.32 Å². The van der Waals surface area contributed by atoms with Gasteiger partial charge in [-0.05, 0) is 54.6 Å². The zero-order chi connectivity index (χ0) is 20.4. The van der Waals surface area contributed by atoms with Gasteiger partial charge >= 0.3 is 6.03 Å². The number of nitrogens with one attached hydrogen (secondary N) is 1. The van der Waals surface area contributed by atoms with Crippen LogP contribution in [0.25, 0.3) is 17.4 Å². The van der Waals surface area contributed by atoms with Crippen LogP contribution in [0.4, 0.5) is 10.5 Å². The van der Waals surface area contributed by atoms with E-state index in [-0.39, 0.29) is 11.3 Å². The Morgan fingerprint density at radius 3 is 2.34 bits per heavy atom. The summed E-state index contributed by atoms with van der Waals surface area (Å²) in [7, 11) is 0. The monoisotopic (exact) mass is 383 g/mol. The zero-order valence-corrected chi connectivity index (χ0v) is 15.0. The zero-order valence-electron chi connectivity index (χ0n) is 15.0. The molecule has 0 bridgehead atoms. The summed E-state index contributed by atoms with van der Waals surface area (Å²) in [6.07, 6.45) is 1.30. The van der Waals surface area contributed by atoms with Gasteiger partial charge in [0.25, 0.3) is 11.8 Å². The number of nitrogens with zero attached hydrogens (tertiary/aromatic N) is 2. The van der Waals surface area contributed by atoms with Gasteiger partial charge < -0.3 is 4.42 Å². The largest absolute Gasteiger partial charge is 0.457 e. The maximum atomic E-state index is 12.8. The molecule has 0 atom stereocenters. The van der Waals surface area contributed by atoms with Gasteiger partial charge in [-0.1, -0.05) is 18.2 Å². The molecule has 1 aliphatic heterocycles. The highest BCUT2D eigenvalue weighted by atomic mass is 16.3. The van der Waals surface area contributed by atoms with Gasteiger partial charge in [0.15, 0.2) is 0 Å². The molecule has 0 saturated carbocycles. The SMILES string of the molecule is N#Cc1ccc(-c2ccc(/C=C3\C(=O)NC(=O)N(c4ccccc4)C3=O)o2)cc1. The summed E-state index contributed by atoms with van der Waals surface area (Å²) >= 11 is 0. The van der Waals surface area contributed by atoms with Crippen molar-refractivity contribution in [3.63, 3.8) is 0 Å². The Kier molecular flexibility index (Phi) is 4.51. The molecule has 7 heteroatoms. The van der Waals surface area contributed by atoms with E-state index in [0.717, 1.165) is 10.5 Å². The van der Waals surface area contributed by atoms with E-state index in [1.54, 1.807) is 66.7 Å². The maximum Gasteiger partial charge on any atom is 0.335 e. The first-order valence-corrected chi connectivity index (χ1v) is 8.64. The van der Waals surface area contributed by atoms with E-state index in [1.807, 2.05) is 6.07 Å². The smallest absolute Gasteiger partial charge is 0.335 e. The van der Waals surface area contributed by atoms with E-state index in [2.05, 4.69) is 5.32 Å². The van der Waals surface area contributed by atoms with Crippen LogP contribution in [0.1, 0.15) is 11.3 Å². The van der Waals surface area contributed by atoms with Gasteiger partial charge in [0, 0.05) is 5.56 Å². The molecule has 7 nitrogen and oxygen atoms in total. The molecule has 1 aliphatic rings. The Labute approximate surface area is 165 Å². The standard InChI is InChI=1S/C22H13N3O4/c23-13-14-6-8-15(9-7-14)19-11-10-17(29-19)12-18-20(26)24-22(28)25(21(18)27)16-4-2-1-3-5-16/h1-12H,(H,24,26,28)/b18-12+. The fourth-order valence-corrected chi connectivity index (χ4v) is 2.91. The lowest BCUT2D eigenvalue weighted by atomic mass is 10.1. The summed E-state index contributed by atoms with van der Waals surface area (Å²) < 4.78 is 5.72. The summed E-state index contributed by atoms with van der Waals surface area (Å²) in [5.41, 5.74) is 1.41. The third-order valence-corrected chi connectivity index (χ3v) is 4.33. The predicted molar refractivity (Wildman–Crippen MR) is 104 cm³/mol. The van der Waals surface area contributed by atoms with Crippen molar-refractivity contribution in [1.29, 1.82) is 5.26 Å². The van der Waals surface area contributed by atoms with Gasteiger partial charge in [0.2, 0.25) is 0 Å². The summed E-state index contributed by atoms with van der Waals surface area (Å²) in [5.74, 6) is -0.726. The summed E-state index contributed by atoms with van der Waals surface area (Å²) in [4.78, 5) is 38.1. The fourth-order valence-electron chi connectivity index (χ4n) is 2.91. The second-order valence-corrected chi connectivity index (χ2v) is 6.18. The first-order chi connectivity index (χ1) is 14.1. The minimum Gasteiger partial charge on any atom is -0.457 e. The molecule has 1 saturated heterocycles. The molecule has 140 valence electrons. The number of benzene rings is 2. The van der Waals surface area contributed by atoms with E-state index >= 15 is 0 Å². The minimum atomic E-state index is -0.805. The Bertz CT molecular complexity index is 1180. The first kappa shape index (κ1) is 17.9. The first-order valence-electron chi connectivity index (χ1n) is 8.64. The number of rotatable bonds is 3. The van der Waals surface area contributed by atoms with E-state index in [1.165, 1.54) is 6.08 Å². The van der Waals surface area contributed by atoms with Crippen molar-refractivity contribution in [2.24, 2.45) is 0 Å². The van der Waals surface area contributed by atoms with Gasteiger partial charge in [-0.2, -0.15) is 5.26 Å². The average molecular weight is 383 g/mol. The lowest BCUT2D eigenvalue weighted by Crippen LogP contribution is -2.54.